The van der Waals surface area contributed by atoms with Crippen molar-refractivity contribution in [2.45, 2.75) is 19.8 Å². The van der Waals surface area contributed by atoms with Gasteiger partial charge in [-0.3, -0.25) is 0 Å². The Kier molecular flexibility index (Phi) is 2.90. The Morgan fingerprint density at radius 1 is 1.45 bits per heavy atom. The summed E-state index contributed by atoms with van der Waals surface area (Å²) in [5.74, 6) is 0. The van der Waals surface area contributed by atoms with E-state index in [4.69, 9.17) is 4.74 Å². The standard InChI is InChI=1S/C9H19NO/c1-9(4-6-10(2)3)5-7-11-8-9/h4-8H2,1-3H3. The molecule has 1 saturated heterocycles. The lowest BCUT2D eigenvalue weighted by Gasteiger charge is -2.23. The van der Waals surface area contributed by atoms with Gasteiger partial charge in [-0.2, -0.15) is 0 Å². The molecular formula is C9H19NO. The number of rotatable bonds is 3. The average Bonchev–Trinajstić information content (AvgIpc) is 2.33. The summed E-state index contributed by atoms with van der Waals surface area (Å²) in [5, 5.41) is 0. The molecule has 1 aliphatic rings. The van der Waals surface area contributed by atoms with Crippen molar-refractivity contribution in [1.29, 1.82) is 0 Å². The lowest BCUT2D eigenvalue weighted by Crippen LogP contribution is -2.24. The molecule has 1 unspecified atom stereocenters. The second-order valence-corrected chi connectivity index (χ2v) is 4.17. The van der Waals surface area contributed by atoms with Gasteiger partial charge in [-0.05, 0) is 38.9 Å². The molecule has 1 heterocycles. The van der Waals surface area contributed by atoms with E-state index >= 15 is 0 Å². The summed E-state index contributed by atoms with van der Waals surface area (Å²) in [7, 11) is 4.25. The Labute approximate surface area is 69.5 Å². The third-order valence-electron chi connectivity index (χ3n) is 2.46. The van der Waals surface area contributed by atoms with E-state index in [-0.39, 0.29) is 0 Å². The predicted octanol–water partition coefficient (Wildman–Crippen LogP) is 1.36. The van der Waals surface area contributed by atoms with Gasteiger partial charge < -0.3 is 9.64 Å². The van der Waals surface area contributed by atoms with Crippen molar-refractivity contribution in [1.82, 2.24) is 4.90 Å². The molecule has 1 rings (SSSR count). The van der Waals surface area contributed by atoms with E-state index < -0.39 is 0 Å². The molecule has 0 radical (unpaired) electrons. The van der Waals surface area contributed by atoms with Crippen LogP contribution in [-0.2, 0) is 4.74 Å². The minimum Gasteiger partial charge on any atom is -0.381 e. The van der Waals surface area contributed by atoms with Gasteiger partial charge in [0.25, 0.3) is 0 Å². The Morgan fingerprint density at radius 3 is 2.64 bits per heavy atom. The van der Waals surface area contributed by atoms with Crippen LogP contribution in [0.15, 0.2) is 0 Å². The Morgan fingerprint density at radius 2 is 2.18 bits per heavy atom. The maximum absolute atomic E-state index is 5.37. The third-order valence-corrected chi connectivity index (χ3v) is 2.46. The first-order valence-electron chi connectivity index (χ1n) is 4.35. The highest BCUT2D eigenvalue weighted by atomic mass is 16.5. The summed E-state index contributed by atoms with van der Waals surface area (Å²) in [5.41, 5.74) is 0.463. The van der Waals surface area contributed by atoms with E-state index in [9.17, 15) is 0 Å². The Hall–Kier alpha value is -0.0800. The summed E-state index contributed by atoms with van der Waals surface area (Å²) >= 11 is 0. The number of hydrogen-bond donors (Lipinski definition) is 0. The molecule has 2 heteroatoms. The van der Waals surface area contributed by atoms with Crippen molar-refractivity contribution < 1.29 is 4.74 Å². The topological polar surface area (TPSA) is 12.5 Å². The summed E-state index contributed by atoms with van der Waals surface area (Å²) < 4.78 is 5.37. The fraction of sp³-hybridized carbons (Fsp3) is 1.00. The molecule has 11 heavy (non-hydrogen) atoms. The van der Waals surface area contributed by atoms with Gasteiger partial charge in [0, 0.05) is 6.61 Å². The molecule has 0 saturated carbocycles. The quantitative estimate of drug-likeness (QED) is 0.613. The number of hydrogen-bond acceptors (Lipinski definition) is 2. The van der Waals surface area contributed by atoms with Gasteiger partial charge in [-0.1, -0.05) is 6.92 Å². The fourth-order valence-corrected chi connectivity index (χ4v) is 1.40. The molecule has 1 fully saturated rings. The summed E-state index contributed by atoms with van der Waals surface area (Å²) in [6, 6.07) is 0. The van der Waals surface area contributed by atoms with Crippen molar-refractivity contribution in [2.24, 2.45) is 5.41 Å². The second kappa shape index (κ2) is 3.55. The Bertz CT molecular complexity index is 117. The molecule has 0 amide bonds. The lowest BCUT2D eigenvalue weighted by atomic mass is 9.86. The summed E-state index contributed by atoms with van der Waals surface area (Å²) in [6.45, 7) is 5.42. The lowest BCUT2D eigenvalue weighted by molar-refractivity contribution is 0.149. The SMILES string of the molecule is CN(C)CCC1(C)CCOC1. The molecule has 0 aromatic carbocycles. The molecule has 1 atom stereocenters. The zero-order valence-corrected chi connectivity index (χ0v) is 7.89. The fourth-order valence-electron chi connectivity index (χ4n) is 1.40. The van der Waals surface area contributed by atoms with Crippen LogP contribution in [0.2, 0.25) is 0 Å². The van der Waals surface area contributed by atoms with Crippen molar-refractivity contribution in [3.63, 3.8) is 0 Å². The molecule has 0 N–H and O–H groups in total. The van der Waals surface area contributed by atoms with Crippen molar-refractivity contribution >= 4 is 0 Å². The summed E-state index contributed by atoms with van der Waals surface area (Å²) in [6.07, 6.45) is 2.50. The number of ether oxygens (including phenoxy) is 1. The predicted molar refractivity (Wildman–Crippen MR) is 46.7 cm³/mol. The van der Waals surface area contributed by atoms with Crippen LogP contribution < -0.4 is 0 Å². The van der Waals surface area contributed by atoms with E-state index in [2.05, 4.69) is 25.9 Å². The molecule has 0 bridgehead atoms. The first kappa shape index (κ1) is 9.01. The Balaban J connectivity index is 2.23. The van der Waals surface area contributed by atoms with E-state index in [0.717, 1.165) is 13.2 Å². The van der Waals surface area contributed by atoms with Gasteiger partial charge in [-0.15, -0.1) is 0 Å². The van der Waals surface area contributed by atoms with Crippen molar-refractivity contribution in [3.8, 4) is 0 Å². The highest BCUT2D eigenvalue weighted by Gasteiger charge is 2.28. The van der Waals surface area contributed by atoms with Crippen LogP contribution in [0.3, 0.4) is 0 Å². The minimum absolute atomic E-state index is 0.463. The number of nitrogens with zero attached hydrogens (tertiary/aromatic N) is 1. The first-order valence-corrected chi connectivity index (χ1v) is 4.35. The van der Waals surface area contributed by atoms with Crippen LogP contribution >= 0.6 is 0 Å². The van der Waals surface area contributed by atoms with Crippen LogP contribution in [0.5, 0.6) is 0 Å². The van der Waals surface area contributed by atoms with Gasteiger partial charge in [0.2, 0.25) is 0 Å². The van der Waals surface area contributed by atoms with Crippen LogP contribution in [-0.4, -0.2) is 38.8 Å². The normalized spacial score (nSPS) is 31.6. The average molecular weight is 157 g/mol. The molecule has 0 aromatic rings. The molecule has 1 aliphatic heterocycles. The van der Waals surface area contributed by atoms with E-state index in [1.807, 2.05) is 0 Å². The minimum atomic E-state index is 0.463. The van der Waals surface area contributed by atoms with Crippen LogP contribution in [0.1, 0.15) is 19.8 Å². The van der Waals surface area contributed by atoms with E-state index in [1.165, 1.54) is 19.4 Å². The van der Waals surface area contributed by atoms with E-state index in [1.54, 1.807) is 0 Å². The maximum atomic E-state index is 5.37. The first-order chi connectivity index (χ1) is 5.12. The highest BCUT2D eigenvalue weighted by Crippen LogP contribution is 2.31. The second-order valence-electron chi connectivity index (χ2n) is 4.17. The van der Waals surface area contributed by atoms with Crippen LogP contribution in [0.4, 0.5) is 0 Å². The smallest absolute Gasteiger partial charge is 0.0521 e. The van der Waals surface area contributed by atoms with Gasteiger partial charge in [0.15, 0.2) is 0 Å². The third kappa shape index (κ3) is 2.80. The maximum Gasteiger partial charge on any atom is 0.0521 e. The monoisotopic (exact) mass is 157 g/mol. The molecular weight excluding hydrogens is 138 g/mol. The molecule has 66 valence electrons. The zero-order valence-electron chi connectivity index (χ0n) is 7.89. The highest BCUT2D eigenvalue weighted by molar-refractivity contribution is 4.78. The van der Waals surface area contributed by atoms with Crippen LogP contribution in [0.25, 0.3) is 0 Å². The summed E-state index contributed by atoms with van der Waals surface area (Å²) in [4.78, 5) is 2.24. The van der Waals surface area contributed by atoms with E-state index in [0.29, 0.717) is 5.41 Å². The molecule has 0 spiro atoms. The molecule has 2 nitrogen and oxygen atoms in total. The van der Waals surface area contributed by atoms with Gasteiger partial charge in [0.1, 0.15) is 0 Å². The molecule has 0 aliphatic carbocycles. The molecule has 0 aromatic heterocycles. The van der Waals surface area contributed by atoms with Gasteiger partial charge >= 0.3 is 0 Å². The van der Waals surface area contributed by atoms with Gasteiger partial charge in [0.05, 0.1) is 6.61 Å². The van der Waals surface area contributed by atoms with Crippen molar-refractivity contribution in [3.05, 3.63) is 0 Å². The largest absolute Gasteiger partial charge is 0.381 e. The van der Waals surface area contributed by atoms with Crippen LogP contribution in [0, 0.1) is 5.41 Å². The zero-order chi connectivity index (χ0) is 8.32. The van der Waals surface area contributed by atoms with Crippen molar-refractivity contribution in [2.75, 3.05) is 33.9 Å². The van der Waals surface area contributed by atoms with Gasteiger partial charge in [-0.25, -0.2) is 0 Å².